The summed E-state index contributed by atoms with van der Waals surface area (Å²) in [6.07, 6.45) is 2.63. The zero-order valence-corrected chi connectivity index (χ0v) is 12.3. The molecule has 102 valence electrons. The fraction of sp³-hybridized carbons (Fsp3) is 0.533. The maximum atomic E-state index is 12.1. The second kappa shape index (κ2) is 6.23. The maximum absolute atomic E-state index is 12.1. The van der Waals surface area contributed by atoms with Gasteiger partial charge in [-0.1, -0.05) is 18.8 Å². The lowest BCUT2D eigenvalue weighted by Crippen LogP contribution is -2.28. The Hall–Kier alpha value is -1.31. The second-order valence-electron chi connectivity index (χ2n) is 5.15. The molecule has 0 saturated heterocycles. The summed E-state index contributed by atoms with van der Waals surface area (Å²) in [6, 6.07) is 1.91. The number of carbonyl (C=O) groups excluding carboxylic acids is 1. The zero-order chi connectivity index (χ0) is 13.8. The molecular weight excluding hydrogens is 256 g/mol. The van der Waals surface area contributed by atoms with Gasteiger partial charge < -0.3 is 11.1 Å². The van der Waals surface area contributed by atoms with E-state index in [1.807, 2.05) is 13.0 Å². The van der Waals surface area contributed by atoms with E-state index in [1.165, 1.54) is 24.2 Å². The Kier molecular flexibility index (Phi) is 4.62. The molecule has 2 rings (SSSR count). The topological polar surface area (TPSA) is 55.1 Å². The van der Waals surface area contributed by atoms with Gasteiger partial charge in [-0.2, -0.15) is 0 Å². The van der Waals surface area contributed by atoms with Gasteiger partial charge in [0.25, 0.3) is 5.91 Å². The first kappa shape index (κ1) is 14.1. The van der Waals surface area contributed by atoms with Crippen molar-refractivity contribution in [3.8, 4) is 11.8 Å². The lowest BCUT2D eigenvalue weighted by molar-refractivity contribution is 0.0950. The third-order valence-corrected chi connectivity index (χ3v) is 4.61. The van der Waals surface area contributed by atoms with Gasteiger partial charge in [-0.3, -0.25) is 4.79 Å². The van der Waals surface area contributed by atoms with Crippen molar-refractivity contribution < 1.29 is 4.79 Å². The van der Waals surface area contributed by atoms with Gasteiger partial charge in [0.1, 0.15) is 0 Å². The molecule has 1 aliphatic rings. The smallest absolute Gasteiger partial charge is 0.261 e. The van der Waals surface area contributed by atoms with Crippen LogP contribution in [0.4, 0.5) is 0 Å². The first-order valence-electron chi connectivity index (χ1n) is 6.69. The molecule has 1 amide bonds. The monoisotopic (exact) mass is 276 g/mol. The van der Waals surface area contributed by atoms with Crippen LogP contribution in [-0.2, 0) is 0 Å². The van der Waals surface area contributed by atoms with Crippen LogP contribution in [0.2, 0.25) is 0 Å². The van der Waals surface area contributed by atoms with Crippen molar-refractivity contribution in [1.29, 1.82) is 0 Å². The van der Waals surface area contributed by atoms with Gasteiger partial charge in [-0.25, -0.2) is 0 Å². The highest BCUT2D eigenvalue weighted by molar-refractivity contribution is 7.14. The van der Waals surface area contributed by atoms with Gasteiger partial charge in [-0.15, -0.1) is 11.3 Å². The third-order valence-electron chi connectivity index (χ3n) is 3.46. The predicted molar refractivity (Wildman–Crippen MR) is 79.2 cm³/mol. The summed E-state index contributed by atoms with van der Waals surface area (Å²) < 4.78 is 0. The average Bonchev–Trinajstić information content (AvgIpc) is 3.18. The number of aryl methyl sites for hydroxylation is 1. The van der Waals surface area contributed by atoms with Gasteiger partial charge in [0, 0.05) is 6.54 Å². The summed E-state index contributed by atoms with van der Waals surface area (Å²) in [6.45, 7) is 5.29. The van der Waals surface area contributed by atoms with E-state index in [4.69, 9.17) is 5.73 Å². The van der Waals surface area contributed by atoms with Crippen molar-refractivity contribution >= 4 is 17.2 Å². The van der Waals surface area contributed by atoms with E-state index in [1.54, 1.807) is 0 Å². The number of carbonyl (C=O) groups is 1. The van der Waals surface area contributed by atoms with E-state index >= 15 is 0 Å². The fourth-order valence-corrected chi connectivity index (χ4v) is 2.99. The van der Waals surface area contributed by atoms with Gasteiger partial charge in [0.2, 0.25) is 0 Å². The van der Waals surface area contributed by atoms with Gasteiger partial charge >= 0.3 is 0 Å². The molecule has 1 heterocycles. The molecule has 0 aliphatic heterocycles. The van der Waals surface area contributed by atoms with Crippen LogP contribution < -0.4 is 11.1 Å². The van der Waals surface area contributed by atoms with Gasteiger partial charge in [0.15, 0.2) is 0 Å². The first-order valence-corrected chi connectivity index (χ1v) is 7.51. The number of hydrogen-bond donors (Lipinski definition) is 2. The minimum atomic E-state index is 0.0152. The van der Waals surface area contributed by atoms with Gasteiger partial charge in [-0.05, 0) is 43.2 Å². The molecule has 3 N–H and O–H groups in total. The summed E-state index contributed by atoms with van der Waals surface area (Å²) in [7, 11) is 0. The van der Waals surface area contributed by atoms with Crippen molar-refractivity contribution in [2.45, 2.75) is 26.7 Å². The molecule has 1 aromatic rings. The van der Waals surface area contributed by atoms with Crippen LogP contribution in [0, 0.1) is 30.6 Å². The SMILES string of the molecule is Cc1cc(C(=O)NCC(C)C2CC2)sc1C#CCN. The van der Waals surface area contributed by atoms with E-state index in [0.29, 0.717) is 12.5 Å². The Morgan fingerprint density at radius 1 is 1.63 bits per heavy atom. The summed E-state index contributed by atoms with van der Waals surface area (Å²) in [5.41, 5.74) is 6.41. The molecule has 1 aliphatic carbocycles. The minimum Gasteiger partial charge on any atom is -0.351 e. The highest BCUT2D eigenvalue weighted by Gasteiger charge is 2.28. The van der Waals surface area contributed by atoms with Crippen LogP contribution in [0.25, 0.3) is 0 Å². The number of nitrogens with two attached hydrogens (primary N) is 1. The van der Waals surface area contributed by atoms with Crippen molar-refractivity contribution in [3.63, 3.8) is 0 Å². The summed E-state index contributed by atoms with van der Waals surface area (Å²) in [5.74, 6) is 7.25. The average molecular weight is 276 g/mol. The summed E-state index contributed by atoms with van der Waals surface area (Å²) >= 11 is 1.44. The maximum Gasteiger partial charge on any atom is 0.261 e. The first-order chi connectivity index (χ1) is 9.11. The van der Waals surface area contributed by atoms with Gasteiger partial charge in [0.05, 0.1) is 16.3 Å². The summed E-state index contributed by atoms with van der Waals surface area (Å²) in [4.78, 5) is 13.7. The van der Waals surface area contributed by atoms with E-state index in [2.05, 4.69) is 24.1 Å². The van der Waals surface area contributed by atoms with Crippen LogP contribution in [-0.4, -0.2) is 19.0 Å². The van der Waals surface area contributed by atoms with E-state index < -0.39 is 0 Å². The van der Waals surface area contributed by atoms with Crippen molar-refractivity contribution in [2.24, 2.45) is 17.6 Å². The Morgan fingerprint density at radius 2 is 2.37 bits per heavy atom. The Balaban J connectivity index is 1.94. The number of thiophene rings is 1. The Labute approximate surface area is 118 Å². The molecule has 1 saturated carbocycles. The van der Waals surface area contributed by atoms with Crippen LogP contribution in [0.5, 0.6) is 0 Å². The number of nitrogens with one attached hydrogen (secondary N) is 1. The standard InChI is InChI=1S/C15H20N2OS/c1-10-8-14(19-13(10)4-3-7-16)15(18)17-9-11(2)12-5-6-12/h8,11-12H,5-7,9,16H2,1-2H3,(H,17,18). The fourth-order valence-electron chi connectivity index (χ4n) is 2.02. The van der Waals surface area contributed by atoms with E-state index in [-0.39, 0.29) is 5.91 Å². The van der Waals surface area contributed by atoms with E-state index in [9.17, 15) is 4.79 Å². The highest BCUT2D eigenvalue weighted by Crippen LogP contribution is 2.36. The third kappa shape index (κ3) is 3.82. The Bertz CT molecular complexity index is 520. The quantitative estimate of drug-likeness (QED) is 0.828. The predicted octanol–water partition coefficient (Wildman–Crippen LogP) is 2.14. The van der Waals surface area contributed by atoms with Crippen LogP contribution in [0.15, 0.2) is 6.07 Å². The summed E-state index contributed by atoms with van der Waals surface area (Å²) in [5, 5.41) is 3.02. The lowest BCUT2D eigenvalue weighted by Gasteiger charge is -2.10. The molecule has 1 atom stereocenters. The number of amides is 1. The van der Waals surface area contributed by atoms with Crippen molar-refractivity contribution in [1.82, 2.24) is 5.32 Å². The van der Waals surface area contributed by atoms with Crippen molar-refractivity contribution in [2.75, 3.05) is 13.1 Å². The van der Waals surface area contributed by atoms with Crippen LogP contribution >= 0.6 is 11.3 Å². The highest BCUT2D eigenvalue weighted by atomic mass is 32.1. The van der Waals surface area contributed by atoms with Crippen LogP contribution in [0.3, 0.4) is 0 Å². The number of rotatable bonds is 4. The molecule has 1 fully saturated rings. The largest absolute Gasteiger partial charge is 0.351 e. The normalized spacial score (nSPS) is 15.5. The molecule has 0 radical (unpaired) electrons. The molecule has 0 bridgehead atoms. The molecular formula is C15H20N2OS. The molecule has 0 spiro atoms. The van der Waals surface area contributed by atoms with Crippen molar-refractivity contribution in [3.05, 3.63) is 21.4 Å². The molecule has 0 aromatic carbocycles. The lowest BCUT2D eigenvalue weighted by atomic mass is 10.1. The zero-order valence-electron chi connectivity index (χ0n) is 11.5. The van der Waals surface area contributed by atoms with E-state index in [0.717, 1.165) is 27.8 Å². The second-order valence-corrected chi connectivity index (χ2v) is 6.21. The molecule has 1 aromatic heterocycles. The Morgan fingerprint density at radius 3 is 3.00 bits per heavy atom. The van der Waals surface area contributed by atoms with Crippen LogP contribution in [0.1, 0.15) is 39.9 Å². The molecule has 3 nitrogen and oxygen atoms in total. The molecule has 4 heteroatoms. The molecule has 1 unspecified atom stereocenters. The minimum absolute atomic E-state index is 0.0152. The number of hydrogen-bond acceptors (Lipinski definition) is 3. The molecule has 19 heavy (non-hydrogen) atoms.